The Hall–Kier alpha value is -0.240. The molecule has 7 heavy (non-hydrogen) atoms. The molecule has 1 aliphatic heterocycles. The molecular formula is C5H7NS. The van der Waals surface area contributed by atoms with E-state index in [2.05, 4.69) is 4.99 Å². The molecule has 0 saturated heterocycles. The van der Waals surface area contributed by atoms with Gasteiger partial charge in [-0.15, -0.1) is 11.8 Å². The highest BCUT2D eigenvalue weighted by atomic mass is 32.2. The molecule has 0 aromatic rings. The lowest BCUT2D eigenvalue weighted by Gasteiger charge is -1.82. The van der Waals surface area contributed by atoms with Crippen LogP contribution in [0, 0.1) is 0 Å². The SMILES string of the molecule is CC=C1N=CCS1. The van der Waals surface area contributed by atoms with Crippen LogP contribution in [0.5, 0.6) is 0 Å². The first-order valence-corrected chi connectivity index (χ1v) is 3.23. The average Bonchev–Trinajstić information content (AvgIpc) is 2.14. The predicted octanol–water partition coefficient (Wildman–Crippen LogP) is 1.67. The third-order valence-electron chi connectivity index (χ3n) is 0.771. The summed E-state index contributed by atoms with van der Waals surface area (Å²) >= 11 is 1.78. The van der Waals surface area contributed by atoms with Crippen LogP contribution in [-0.4, -0.2) is 12.0 Å². The van der Waals surface area contributed by atoms with Crippen LogP contribution in [0.25, 0.3) is 0 Å². The van der Waals surface area contributed by atoms with Gasteiger partial charge >= 0.3 is 0 Å². The first kappa shape index (κ1) is 4.91. The Morgan fingerprint density at radius 1 is 2.00 bits per heavy atom. The second-order valence-corrected chi connectivity index (χ2v) is 2.29. The minimum atomic E-state index is 1.06. The molecule has 0 spiro atoms. The molecule has 1 nitrogen and oxygen atoms in total. The molecular weight excluding hydrogens is 106 g/mol. The van der Waals surface area contributed by atoms with Gasteiger partial charge in [0.25, 0.3) is 0 Å². The highest BCUT2D eigenvalue weighted by Gasteiger charge is 1.96. The van der Waals surface area contributed by atoms with Crippen LogP contribution in [0.1, 0.15) is 6.92 Å². The molecule has 0 saturated carbocycles. The van der Waals surface area contributed by atoms with Crippen LogP contribution in [-0.2, 0) is 0 Å². The van der Waals surface area contributed by atoms with E-state index < -0.39 is 0 Å². The minimum absolute atomic E-state index is 1.06. The molecule has 0 aromatic heterocycles. The second kappa shape index (κ2) is 2.17. The molecule has 2 heteroatoms. The largest absolute Gasteiger partial charge is 0.254 e. The number of nitrogens with zero attached hydrogens (tertiary/aromatic N) is 1. The quantitative estimate of drug-likeness (QED) is 0.465. The zero-order valence-electron chi connectivity index (χ0n) is 4.22. The first-order valence-electron chi connectivity index (χ1n) is 2.25. The van der Waals surface area contributed by atoms with Crippen molar-refractivity contribution >= 4 is 18.0 Å². The molecule has 0 unspecified atom stereocenters. The van der Waals surface area contributed by atoms with Crippen molar-refractivity contribution in [3.05, 3.63) is 11.1 Å². The maximum absolute atomic E-state index is 4.05. The van der Waals surface area contributed by atoms with Gasteiger partial charge in [0.05, 0.1) is 5.03 Å². The van der Waals surface area contributed by atoms with Crippen molar-refractivity contribution in [1.82, 2.24) is 0 Å². The zero-order valence-corrected chi connectivity index (χ0v) is 5.03. The van der Waals surface area contributed by atoms with Gasteiger partial charge in [-0.05, 0) is 6.92 Å². The van der Waals surface area contributed by atoms with Crippen LogP contribution < -0.4 is 0 Å². The monoisotopic (exact) mass is 113 g/mol. The molecule has 0 fully saturated rings. The fourth-order valence-corrected chi connectivity index (χ4v) is 1.08. The fourth-order valence-electron chi connectivity index (χ4n) is 0.445. The Morgan fingerprint density at radius 3 is 3.14 bits per heavy atom. The summed E-state index contributed by atoms with van der Waals surface area (Å²) in [5.41, 5.74) is 0. The molecule has 0 amide bonds. The van der Waals surface area contributed by atoms with Gasteiger partial charge in [-0.2, -0.15) is 0 Å². The molecule has 0 atom stereocenters. The van der Waals surface area contributed by atoms with Crippen molar-refractivity contribution in [1.29, 1.82) is 0 Å². The number of thioether (sulfide) groups is 1. The molecule has 1 aliphatic rings. The number of rotatable bonds is 0. The number of hydrogen-bond donors (Lipinski definition) is 0. The highest BCUT2D eigenvalue weighted by molar-refractivity contribution is 8.03. The van der Waals surface area contributed by atoms with E-state index in [1.807, 2.05) is 19.2 Å². The van der Waals surface area contributed by atoms with Crippen LogP contribution in [0.4, 0.5) is 0 Å². The molecule has 0 N–H and O–H groups in total. The smallest absolute Gasteiger partial charge is 0.0917 e. The molecule has 38 valence electrons. The van der Waals surface area contributed by atoms with Gasteiger partial charge in [-0.25, -0.2) is 0 Å². The maximum Gasteiger partial charge on any atom is 0.0917 e. The van der Waals surface area contributed by atoms with Crippen LogP contribution in [0.3, 0.4) is 0 Å². The Labute approximate surface area is 47.5 Å². The minimum Gasteiger partial charge on any atom is -0.254 e. The normalized spacial score (nSPS) is 24.4. The van der Waals surface area contributed by atoms with Crippen molar-refractivity contribution in [3.63, 3.8) is 0 Å². The van der Waals surface area contributed by atoms with E-state index in [0.717, 1.165) is 10.8 Å². The molecule has 1 heterocycles. The van der Waals surface area contributed by atoms with Gasteiger partial charge in [0, 0.05) is 12.0 Å². The van der Waals surface area contributed by atoms with Crippen molar-refractivity contribution in [3.8, 4) is 0 Å². The van der Waals surface area contributed by atoms with E-state index in [0.29, 0.717) is 0 Å². The standard InChI is InChI=1S/C5H7NS/c1-2-5-6-3-4-7-5/h2-3H,4H2,1H3. The number of aliphatic imine (C=N–C) groups is 1. The molecule has 1 rings (SSSR count). The first-order chi connectivity index (χ1) is 3.43. The zero-order chi connectivity index (χ0) is 5.11. The van der Waals surface area contributed by atoms with Crippen LogP contribution in [0.2, 0.25) is 0 Å². The van der Waals surface area contributed by atoms with Gasteiger partial charge in [0.15, 0.2) is 0 Å². The van der Waals surface area contributed by atoms with E-state index in [1.165, 1.54) is 0 Å². The maximum atomic E-state index is 4.05. The lowest BCUT2D eigenvalue weighted by Crippen LogP contribution is -1.61. The number of hydrogen-bond acceptors (Lipinski definition) is 2. The Morgan fingerprint density at radius 2 is 2.86 bits per heavy atom. The van der Waals surface area contributed by atoms with Crippen molar-refractivity contribution in [2.45, 2.75) is 6.92 Å². The summed E-state index contributed by atoms with van der Waals surface area (Å²) in [7, 11) is 0. The highest BCUT2D eigenvalue weighted by Crippen LogP contribution is 2.19. The van der Waals surface area contributed by atoms with E-state index in [4.69, 9.17) is 0 Å². The van der Waals surface area contributed by atoms with Gasteiger partial charge in [0.2, 0.25) is 0 Å². The van der Waals surface area contributed by atoms with Gasteiger partial charge in [-0.1, -0.05) is 6.08 Å². The van der Waals surface area contributed by atoms with Crippen molar-refractivity contribution < 1.29 is 0 Å². The molecule has 0 aromatic carbocycles. The molecule has 0 aliphatic carbocycles. The summed E-state index contributed by atoms with van der Waals surface area (Å²) in [4.78, 5) is 4.05. The lowest BCUT2D eigenvalue weighted by atomic mass is 10.7. The van der Waals surface area contributed by atoms with Crippen LogP contribution in [0.15, 0.2) is 16.1 Å². The van der Waals surface area contributed by atoms with Gasteiger partial charge < -0.3 is 0 Å². The van der Waals surface area contributed by atoms with E-state index in [9.17, 15) is 0 Å². The summed E-state index contributed by atoms with van der Waals surface area (Å²) in [5.74, 6) is 1.06. The summed E-state index contributed by atoms with van der Waals surface area (Å²) in [6.07, 6.45) is 3.95. The summed E-state index contributed by atoms with van der Waals surface area (Å²) in [5, 5.41) is 1.15. The fraction of sp³-hybridized carbons (Fsp3) is 0.400. The Kier molecular flexibility index (Phi) is 1.52. The van der Waals surface area contributed by atoms with E-state index in [-0.39, 0.29) is 0 Å². The number of allylic oxidation sites excluding steroid dienone is 1. The topological polar surface area (TPSA) is 12.4 Å². The van der Waals surface area contributed by atoms with Gasteiger partial charge in [-0.3, -0.25) is 4.99 Å². The van der Waals surface area contributed by atoms with Crippen molar-refractivity contribution in [2.24, 2.45) is 4.99 Å². The summed E-state index contributed by atoms with van der Waals surface area (Å²) < 4.78 is 0. The van der Waals surface area contributed by atoms with Crippen LogP contribution >= 0.6 is 11.8 Å². The summed E-state index contributed by atoms with van der Waals surface area (Å²) in [6.45, 7) is 2.00. The Balaban J connectivity index is 2.59. The average molecular weight is 113 g/mol. The molecule has 0 radical (unpaired) electrons. The predicted molar refractivity (Wildman–Crippen MR) is 34.7 cm³/mol. The third kappa shape index (κ3) is 1.06. The van der Waals surface area contributed by atoms with E-state index in [1.54, 1.807) is 11.8 Å². The van der Waals surface area contributed by atoms with E-state index >= 15 is 0 Å². The Bertz CT molecular complexity index is 112. The lowest BCUT2D eigenvalue weighted by molar-refractivity contribution is 1.52. The van der Waals surface area contributed by atoms with Gasteiger partial charge in [0.1, 0.15) is 0 Å². The third-order valence-corrected chi connectivity index (χ3v) is 1.72. The second-order valence-electron chi connectivity index (χ2n) is 1.25. The molecule has 0 bridgehead atoms. The van der Waals surface area contributed by atoms with Crippen molar-refractivity contribution in [2.75, 3.05) is 5.75 Å². The summed E-state index contributed by atoms with van der Waals surface area (Å²) in [6, 6.07) is 0.